The van der Waals surface area contributed by atoms with Gasteiger partial charge in [-0.2, -0.15) is 13.2 Å². The number of benzene rings is 1. The summed E-state index contributed by atoms with van der Waals surface area (Å²) in [5, 5.41) is 5.98. The fourth-order valence-electron chi connectivity index (χ4n) is 4.30. The Balaban J connectivity index is 0.000000241. The van der Waals surface area contributed by atoms with E-state index >= 15 is 0 Å². The molecular weight excluding hydrogens is 461 g/mol. The molecule has 35 heavy (non-hydrogen) atoms. The van der Waals surface area contributed by atoms with E-state index in [1.165, 1.54) is 13.0 Å². The molecule has 4 rings (SSSR count). The fourth-order valence-corrected chi connectivity index (χ4v) is 4.30. The van der Waals surface area contributed by atoms with E-state index < -0.39 is 11.7 Å². The molecule has 2 aliphatic rings. The molecular formula is C25H33F3N4O3. The quantitative estimate of drug-likeness (QED) is 0.679. The number of pyridine rings is 1. The van der Waals surface area contributed by atoms with Gasteiger partial charge in [-0.1, -0.05) is 12.1 Å². The van der Waals surface area contributed by atoms with Crippen LogP contribution in [-0.4, -0.2) is 61.8 Å². The van der Waals surface area contributed by atoms with Crippen LogP contribution in [0.1, 0.15) is 45.9 Å². The number of nitrogens with zero attached hydrogens (tertiary/aromatic N) is 2. The second kappa shape index (κ2) is 11.3. The van der Waals surface area contributed by atoms with E-state index in [0.29, 0.717) is 35.6 Å². The van der Waals surface area contributed by atoms with Crippen molar-refractivity contribution in [3.63, 3.8) is 0 Å². The average molecular weight is 495 g/mol. The SMILES string of the molecule is CNC(=O)c1cn(C2CCOCC2)c(=O)cc1NC1CN(C)C1.Cc1cccc(C(F)(F)F)c1C. The van der Waals surface area contributed by atoms with Crippen LogP contribution in [0, 0.1) is 13.8 Å². The zero-order chi connectivity index (χ0) is 25.8. The number of ether oxygens (including phenoxy) is 1. The number of carbonyl (C=O) groups excluding carboxylic acids is 1. The molecule has 2 aromatic rings. The van der Waals surface area contributed by atoms with Crippen LogP contribution in [0.25, 0.3) is 0 Å². The first-order chi connectivity index (χ1) is 16.5. The number of nitrogens with one attached hydrogen (secondary N) is 2. The molecule has 1 aromatic heterocycles. The van der Waals surface area contributed by atoms with Gasteiger partial charge in [0.2, 0.25) is 0 Å². The van der Waals surface area contributed by atoms with Gasteiger partial charge in [0, 0.05) is 51.7 Å². The summed E-state index contributed by atoms with van der Waals surface area (Å²) in [6.45, 7) is 6.29. The third-order valence-electron chi connectivity index (χ3n) is 6.47. The van der Waals surface area contributed by atoms with Crippen LogP contribution in [0.4, 0.5) is 18.9 Å². The Labute approximate surface area is 203 Å². The summed E-state index contributed by atoms with van der Waals surface area (Å²) in [7, 11) is 3.65. The molecule has 1 aromatic carbocycles. The lowest BCUT2D eigenvalue weighted by Crippen LogP contribution is -2.52. The van der Waals surface area contributed by atoms with Crippen molar-refractivity contribution < 1.29 is 22.7 Å². The molecule has 0 unspecified atom stereocenters. The number of amides is 1. The molecule has 0 radical (unpaired) electrons. The monoisotopic (exact) mass is 494 g/mol. The van der Waals surface area contributed by atoms with E-state index in [2.05, 4.69) is 15.5 Å². The number of aromatic nitrogens is 1. The van der Waals surface area contributed by atoms with Crippen molar-refractivity contribution in [1.29, 1.82) is 0 Å². The summed E-state index contributed by atoms with van der Waals surface area (Å²) in [6.07, 6.45) is -0.932. The lowest BCUT2D eigenvalue weighted by Gasteiger charge is -2.37. The fraction of sp³-hybridized carbons (Fsp3) is 0.520. The third kappa shape index (κ3) is 6.64. The Morgan fingerprint density at radius 1 is 1.14 bits per heavy atom. The van der Waals surface area contributed by atoms with Crippen molar-refractivity contribution in [2.45, 2.75) is 44.9 Å². The van der Waals surface area contributed by atoms with Gasteiger partial charge in [0.1, 0.15) is 0 Å². The van der Waals surface area contributed by atoms with E-state index in [0.717, 1.165) is 32.0 Å². The minimum absolute atomic E-state index is 0.0697. The molecule has 2 N–H and O–H groups in total. The molecule has 0 aliphatic carbocycles. The molecule has 0 saturated carbocycles. The molecule has 1 amide bonds. The highest BCUT2D eigenvalue weighted by molar-refractivity contribution is 5.99. The van der Waals surface area contributed by atoms with Crippen LogP contribution in [0.3, 0.4) is 0 Å². The van der Waals surface area contributed by atoms with Gasteiger partial charge < -0.3 is 24.8 Å². The van der Waals surface area contributed by atoms with E-state index in [1.54, 1.807) is 36.9 Å². The maximum atomic E-state index is 12.5. The highest BCUT2D eigenvalue weighted by Crippen LogP contribution is 2.32. The Hall–Kier alpha value is -2.85. The van der Waals surface area contributed by atoms with Crippen LogP contribution < -0.4 is 16.2 Å². The number of halogens is 3. The Bertz CT molecular complexity index is 1090. The lowest BCUT2D eigenvalue weighted by atomic mass is 10.0. The lowest BCUT2D eigenvalue weighted by molar-refractivity contribution is -0.138. The number of hydrogen-bond acceptors (Lipinski definition) is 5. The number of aryl methyl sites for hydroxylation is 1. The Kier molecular flexibility index (Phi) is 8.60. The molecule has 2 fully saturated rings. The van der Waals surface area contributed by atoms with Gasteiger partial charge in [0.05, 0.1) is 22.9 Å². The number of hydrogen-bond donors (Lipinski definition) is 2. The number of carbonyl (C=O) groups is 1. The van der Waals surface area contributed by atoms with Crippen molar-refractivity contribution in [1.82, 2.24) is 14.8 Å². The minimum atomic E-state index is -4.23. The van der Waals surface area contributed by atoms with E-state index in [4.69, 9.17) is 4.74 Å². The molecule has 0 bridgehead atoms. The maximum Gasteiger partial charge on any atom is 0.416 e. The maximum absolute atomic E-state index is 12.5. The summed E-state index contributed by atoms with van der Waals surface area (Å²) in [4.78, 5) is 26.9. The minimum Gasteiger partial charge on any atom is -0.381 e. The predicted molar refractivity (Wildman–Crippen MR) is 129 cm³/mol. The zero-order valence-corrected chi connectivity index (χ0v) is 20.5. The summed E-state index contributed by atoms with van der Waals surface area (Å²) in [6, 6.07) is 6.13. The molecule has 2 aliphatic heterocycles. The van der Waals surface area contributed by atoms with Crippen molar-refractivity contribution in [2.75, 3.05) is 45.7 Å². The van der Waals surface area contributed by atoms with E-state index in [-0.39, 0.29) is 23.6 Å². The first-order valence-corrected chi connectivity index (χ1v) is 11.7. The van der Waals surface area contributed by atoms with Gasteiger partial charge in [0.15, 0.2) is 0 Å². The number of alkyl halides is 3. The van der Waals surface area contributed by atoms with Gasteiger partial charge in [0.25, 0.3) is 11.5 Å². The number of anilines is 1. The van der Waals surface area contributed by atoms with Crippen molar-refractivity contribution >= 4 is 11.6 Å². The molecule has 2 saturated heterocycles. The molecule has 0 atom stereocenters. The number of likely N-dealkylation sites (N-methyl/N-ethyl adjacent to an activating group) is 1. The predicted octanol–water partition coefficient (Wildman–Crippen LogP) is 3.61. The summed E-state index contributed by atoms with van der Waals surface area (Å²) >= 11 is 0. The first kappa shape index (κ1) is 26.7. The van der Waals surface area contributed by atoms with Gasteiger partial charge in [-0.25, -0.2) is 0 Å². The van der Waals surface area contributed by atoms with Crippen LogP contribution in [-0.2, 0) is 10.9 Å². The van der Waals surface area contributed by atoms with Gasteiger partial charge in [-0.15, -0.1) is 0 Å². The number of rotatable bonds is 4. The van der Waals surface area contributed by atoms with Crippen LogP contribution >= 0.6 is 0 Å². The molecule has 7 nitrogen and oxygen atoms in total. The number of likely N-dealkylation sites (tertiary alicyclic amines) is 1. The largest absolute Gasteiger partial charge is 0.416 e. The van der Waals surface area contributed by atoms with Crippen LogP contribution in [0.5, 0.6) is 0 Å². The highest BCUT2D eigenvalue weighted by atomic mass is 19.4. The van der Waals surface area contributed by atoms with Crippen molar-refractivity contribution in [3.05, 3.63) is 63.1 Å². The van der Waals surface area contributed by atoms with Crippen molar-refractivity contribution in [2.24, 2.45) is 0 Å². The summed E-state index contributed by atoms with van der Waals surface area (Å²) < 4.78 is 43.7. The van der Waals surface area contributed by atoms with Gasteiger partial charge >= 0.3 is 6.18 Å². The van der Waals surface area contributed by atoms with Gasteiger partial charge in [-0.05, 0) is 50.9 Å². The Morgan fingerprint density at radius 3 is 2.34 bits per heavy atom. The van der Waals surface area contributed by atoms with Gasteiger partial charge in [-0.3, -0.25) is 9.59 Å². The molecule has 3 heterocycles. The average Bonchev–Trinajstić information content (AvgIpc) is 2.80. The summed E-state index contributed by atoms with van der Waals surface area (Å²) in [5.41, 5.74) is 1.51. The summed E-state index contributed by atoms with van der Waals surface area (Å²) in [5.74, 6) is -0.180. The highest BCUT2D eigenvalue weighted by Gasteiger charge is 2.32. The standard InChI is InChI=1S/C16H24N4O3.C9H9F3/c1-17-16(22)13-10-20(12-3-5-23-6-4-12)15(21)7-14(13)18-11-8-19(2)9-11;1-6-4-3-5-8(7(6)2)9(10,11)12/h7,10-12,18H,3-6,8-9H2,1-2H3,(H,17,22);3-5H,1-2H3. The third-order valence-corrected chi connectivity index (χ3v) is 6.47. The first-order valence-electron chi connectivity index (χ1n) is 11.7. The normalized spacial score (nSPS) is 17.2. The Morgan fingerprint density at radius 2 is 1.80 bits per heavy atom. The smallest absolute Gasteiger partial charge is 0.381 e. The van der Waals surface area contributed by atoms with E-state index in [9.17, 15) is 22.8 Å². The molecule has 10 heteroatoms. The van der Waals surface area contributed by atoms with Crippen LogP contribution in [0.15, 0.2) is 35.3 Å². The molecule has 192 valence electrons. The van der Waals surface area contributed by atoms with E-state index in [1.807, 2.05) is 7.05 Å². The second-order valence-electron chi connectivity index (χ2n) is 9.08. The van der Waals surface area contributed by atoms with Crippen LogP contribution in [0.2, 0.25) is 0 Å². The second-order valence-corrected chi connectivity index (χ2v) is 9.08. The zero-order valence-electron chi connectivity index (χ0n) is 20.5. The molecule has 0 spiro atoms. The topological polar surface area (TPSA) is 75.6 Å². The van der Waals surface area contributed by atoms with Crippen molar-refractivity contribution in [3.8, 4) is 0 Å².